The van der Waals surface area contributed by atoms with Gasteiger partial charge < -0.3 is 10.4 Å². The van der Waals surface area contributed by atoms with Crippen molar-refractivity contribution in [2.45, 2.75) is 50.8 Å². The fraction of sp³-hybridized carbons (Fsp3) is 0.714. The number of aliphatic hydroxyl groups excluding tert-OH is 1. The normalized spacial score (nSPS) is 23.0. The van der Waals surface area contributed by atoms with Crippen LogP contribution in [0.15, 0.2) is 12.1 Å². The maximum absolute atomic E-state index is 12.3. The van der Waals surface area contributed by atoms with Crippen LogP contribution in [0.4, 0.5) is 19.0 Å². The number of hydrogen-bond donors (Lipinski definition) is 2. The minimum Gasteiger partial charge on any atom is -0.393 e. The zero-order chi connectivity index (χ0) is 15.3. The number of nitrogens with zero attached hydrogens (tertiary/aromatic N) is 2. The second-order valence-corrected chi connectivity index (χ2v) is 5.48. The van der Waals surface area contributed by atoms with E-state index in [1.54, 1.807) is 0 Å². The zero-order valence-electron chi connectivity index (χ0n) is 11.7. The van der Waals surface area contributed by atoms with Gasteiger partial charge in [0, 0.05) is 6.54 Å². The fourth-order valence-electron chi connectivity index (χ4n) is 2.68. The van der Waals surface area contributed by atoms with Crippen molar-refractivity contribution < 1.29 is 18.3 Å². The summed E-state index contributed by atoms with van der Waals surface area (Å²) in [6.45, 7) is 0.614. The van der Waals surface area contributed by atoms with Crippen LogP contribution in [-0.2, 0) is 6.18 Å². The van der Waals surface area contributed by atoms with Gasteiger partial charge in [0.05, 0.1) is 6.10 Å². The van der Waals surface area contributed by atoms with Crippen molar-refractivity contribution in [3.8, 4) is 0 Å². The molecule has 0 spiro atoms. The smallest absolute Gasteiger partial charge is 0.393 e. The summed E-state index contributed by atoms with van der Waals surface area (Å²) in [5.74, 6) is 0.687. The summed E-state index contributed by atoms with van der Waals surface area (Å²) >= 11 is 0. The van der Waals surface area contributed by atoms with Gasteiger partial charge in [-0.05, 0) is 43.7 Å². The topological polar surface area (TPSA) is 58.0 Å². The first-order chi connectivity index (χ1) is 9.97. The van der Waals surface area contributed by atoms with Crippen LogP contribution in [0.3, 0.4) is 0 Å². The summed E-state index contributed by atoms with van der Waals surface area (Å²) < 4.78 is 37.0. The van der Waals surface area contributed by atoms with Gasteiger partial charge in [0.1, 0.15) is 5.82 Å². The molecule has 0 aromatic carbocycles. The molecule has 1 heterocycles. The third kappa shape index (κ3) is 4.84. The molecule has 1 saturated carbocycles. The molecule has 118 valence electrons. The average molecular weight is 303 g/mol. The predicted octanol–water partition coefficient (Wildman–Crippen LogP) is 3.24. The highest BCUT2D eigenvalue weighted by Crippen LogP contribution is 2.28. The summed E-state index contributed by atoms with van der Waals surface area (Å²) in [5.41, 5.74) is -0.988. The van der Waals surface area contributed by atoms with Crippen molar-refractivity contribution in [3.05, 3.63) is 17.8 Å². The van der Waals surface area contributed by atoms with Crippen LogP contribution in [0.1, 0.15) is 44.2 Å². The molecule has 1 aliphatic carbocycles. The number of hydrogen-bond acceptors (Lipinski definition) is 4. The van der Waals surface area contributed by atoms with Gasteiger partial charge in [-0.3, -0.25) is 0 Å². The molecule has 0 saturated heterocycles. The summed E-state index contributed by atoms with van der Waals surface area (Å²) in [5, 5.41) is 19.5. The zero-order valence-corrected chi connectivity index (χ0v) is 11.7. The third-order valence-electron chi connectivity index (χ3n) is 3.88. The lowest BCUT2D eigenvalue weighted by Crippen LogP contribution is -2.24. The summed E-state index contributed by atoms with van der Waals surface area (Å²) in [4.78, 5) is 0. The van der Waals surface area contributed by atoms with Gasteiger partial charge in [0.25, 0.3) is 0 Å². The van der Waals surface area contributed by atoms with Crippen molar-refractivity contribution in [2.75, 3.05) is 11.9 Å². The van der Waals surface area contributed by atoms with Gasteiger partial charge in [0.15, 0.2) is 5.69 Å². The van der Waals surface area contributed by atoms with Crippen LogP contribution in [0.2, 0.25) is 0 Å². The lowest BCUT2D eigenvalue weighted by atomic mass is 9.83. The van der Waals surface area contributed by atoms with Crippen LogP contribution in [0.25, 0.3) is 0 Å². The molecule has 2 N–H and O–H groups in total. The molecule has 0 radical (unpaired) electrons. The number of aliphatic hydroxyl groups is 1. The second kappa shape index (κ2) is 7.06. The van der Waals surface area contributed by atoms with E-state index in [0.29, 0.717) is 18.3 Å². The molecule has 7 heteroatoms. The van der Waals surface area contributed by atoms with Crippen LogP contribution >= 0.6 is 0 Å². The average Bonchev–Trinajstić information content (AvgIpc) is 2.45. The highest BCUT2D eigenvalue weighted by atomic mass is 19.4. The van der Waals surface area contributed by atoms with Gasteiger partial charge in [-0.15, -0.1) is 10.2 Å². The van der Waals surface area contributed by atoms with Crippen molar-refractivity contribution in [3.63, 3.8) is 0 Å². The van der Waals surface area contributed by atoms with Crippen molar-refractivity contribution >= 4 is 5.82 Å². The van der Waals surface area contributed by atoms with E-state index < -0.39 is 11.9 Å². The Morgan fingerprint density at radius 1 is 1.19 bits per heavy atom. The minimum atomic E-state index is -4.46. The molecule has 2 unspecified atom stereocenters. The first-order valence-corrected chi connectivity index (χ1v) is 7.29. The highest BCUT2D eigenvalue weighted by Gasteiger charge is 2.32. The molecule has 0 bridgehead atoms. The first kappa shape index (κ1) is 16.0. The van der Waals surface area contributed by atoms with Gasteiger partial charge in [-0.1, -0.05) is 12.8 Å². The molecule has 1 aromatic rings. The van der Waals surface area contributed by atoms with Gasteiger partial charge in [0.2, 0.25) is 0 Å². The molecular weight excluding hydrogens is 283 g/mol. The molecule has 4 nitrogen and oxygen atoms in total. The lowest BCUT2D eigenvalue weighted by molar-refractivity contribution is -0.141. The van der Waals surface area contributed by atoms with Crippen LogP contribution in [-0.4, -0.2) is 28.0 Å². The van der Waals surface area contributed by atoms with E-state index in [0.717, 1.165) is 38.2 Å². The molecule has 0 aliphatic heterocycles. The van der Waals surface area contributed by atoms with Crippen LogP contribution < -0.4 is 5.32 Å². The maximum atomic E-state index is 12.3. The third-order valence-corrected chi connectivity index (χ3v) is 3.88. The number of anilines is 1. The Labute approximate surface area is 121 Å². The molecule has 21 heavy (non-hydrogen) atoms. The summed E-state index contributed by atoms with van der Waals surface area (Å²) in [6, 6.07) is 2.20. The monoisotopic (exact) mass is 303 g/mol. The van der Waals surface area contributed by atoms with E-state index >= 15 is 0 Å². The SMILES string of the molecule is OC1CCCCC1CCCNc1ccc(C(F)(F)F)nn1. The maximum Gasteiger partial charge on any atom is 0.435 e. The largest absolute Gasteiger partial charge is 0.435 e. The molecule has 0 amide bonds. The van der Waals surface area contributed by atoms with Crippen molar-refractivity contribution in [2.24, 2.45) is 5.92 Å². The Morgan fingerprint density at radius 3 is 2.57 bits per heavy atom. The molecule has 1 aromatic heterocycles. The van der Waals surface area contributed by atoms with E-state index in [1.165, 1.54) is 12.5 Å². The van der Waals surface area contributed by atoms with Crippen LogP contribution in [0.5, 0.6) is 0 Å². The van der Waals surface area contributed by atoms with E-state index in [-0.39, 0.29) is 6.10 Å². The van der Waals surface area contributed by atoms with Crippen LogP contribution in [0, 0.1) is 5.92 Å². The summed E-state index contributed by atoms with van der Waals surface area (Å²) in [6.07, 6.45) is 1.31. The van der Waals surface area contributed by atoms with Gasteiger partial charge >= 0.3 is 6.18 Å². The minimum absolute atomic E-state index is 0.204. The number of halogens is 3. The number of nitrogens with one attached hydrogen (secondary N) is 1. The molecular formula is C14H20F3N3O. The Kier molecular flexibility index (Phi) is 5.39. The Balaban J connectivity index is 1.71. The standard InChI is InChI=1S/C14H20F3N3O/c15-14(16,17)12-7-8-13(20-19-12)18-9-3-5-10-4-1-2-6-11(10)21/h7-8,10-11,21H,1-6,9H2,(H,18,20). The lowest BCUT2D eigenvalue weighted by Gasteiger charge is -2.27. The van der Waals surface area contributed by atoms with Crippen molar-refractivity contribution in [1.82, 2.24) is 10.2 Å². The Bertz CT molecular complexity index is 436. The Morgan fingerprint density at radius 2 is 1.95 bits per heavy atom. The quantitative estimate of drug-likeness (QED) is 0.820. The molecule has 2 atom stereocenters. The number of aromatic nitrogens is 2. The first-order valence-electron chi connectivity index (χ1n) is 7.29. The fourth-order valence-corrected chi connectivity index (χ4v) is 2.68. The van der Waals surface area contributed by atoms with Gasteiger partial charge in [-0.2, -0.15) is 13.2 Å². The van der Waals surface area contributed by atoms with Crippen molar-refractivity contribution in [1.29, 1.82) is 0 Å². The van der Waals surface area contributed by atoms with E-state index in [9.17, 15) is 18.3 Å². The van der Waals surface area contributed by atoms with E-state index in [4.69, 9.17) is 0 Å². The number of rotatable bonds is 5. The predicted molar refractivity (Wildman–Crippen MR) is 72.7 cm³/mol. The molecule has 1 aliphatic rings. The molecule has 2 rings (SSSR count). The molecule has 1 fully saturated rings. The summed E-state index contributed by atoms with van der Waals surface area (Å²) in [7, 11) is 0. The highest BCUT2D eigenvalue weighted by molar-refractivity contribution is 5.33. The van der Waals surface area contributed by atoms with E-state index in [1.807, 2.05) is 0 Å². The number of alkyl halides is 3. The Hall–Kier alpha value is -1.37. The van der Waals surface area contributed by atoms with Gasteiger partial charge in [-0.25, -0.2) is 0 Å². The van der Waals surface area contributed by atoms with E-state index in [2.05, 4.69) is 15.5 Å². The second-order valence-electron chi connectivity index (χ2n) is 5.48.